The first-order chi connectivity index (χ1) is 11.9. The highest BCUT2D eigenvalue weighted by atomic mass is 127. The number of carbonyl (C=O) groups is 2. The lowest BCUT2D eigenvalue weighted by Gasteiger charge is -2.32. The summed E-state index contributed by atoms with van der Waals surface area (Å²) in [6.45, 7) is 4.73. The SMILES string of the molecule is C=CNC(=O)N(Cc1ccc(I)cc1)[C@H]1C(=O)O[C@H](C)[C@H]1[C@H](O)CO. The Bertz CT molecular complexity index is 636. The largest absolute Gasteiger partial charge is 0.461 e. The first-order valence-electron chi connectivity index (χ1n) is 7.81. The fourth-order valence-corrected chi connectivity index (χ4v) is 3.34. The fourth-order valence-electron chi connectivity index (χ4n) is 2.98. The molecule has 0 unspecified atom stereocenters. The van der Waals surface area contributed by atoms with Gasteiger partial charge in [0.1, 0.15) is 12.1 Å². The van der Waals surface area contributed by atoms with Gasteiger partial charge in [0.15, 0.2) is 0 Å². The molecule has 1 aromatic carbocycles. The molecule has 0 bridgehead atoms. The summed E-state index contributed by atoms with van der Waals surface area (Å²) in [5, 5.41) is 21.9. The van der Waals surface area contributed by atoms with Crippen LogP contribution < -0.4 is 5.32 Å². The Morgan fingerprint density at radius 3 is 2.68 bits per heavy atom. The number of cyclic esters (lactones) is 1. The van der Waals surface area contributed by atoms with Gasteiger partial charge in [0.05, 0.1) is 18.6 Å². The number of nitrogens with zero attached hydrogens (tertiary/aromatic N) is 1. The molecule has 1 aromatic rings. The third-order valence-electron chi connectivity index (χ3n) is 4.17. The summed E-state index contributed by atoms with van der Waals surface area (Å²) in [6, 6.07) is 5.98. The standard InChI is InChI=1S/C17H21IN2O5/c1-3-19-17(24)20(8-11-4-6-12(18)7-5-11)15-14(13(22)9-21)10(2)25-16(15)23/h3-7,10,13-15,21-22H,1,8-9H2,2H3,(H,19,24)/t10-,13-,14+,15-/m1/s1. The van der Waals surface area contributed by atoms with E-state index in [-0.39, 0.29) is 6.54 Å². The predicted molar refractivity (Wildman–Crippen MR) is 99.4 cm³/mol. The number of urea groups is 1. The number of rotatable bonds is 6. The highest BCUT2D eigenvalue weighted by Gasteiger charge is 2.50. The van der Waals surface area contributed by atoms with E-state index in [4.69, 9.17) is 4.74 Å². The minimum Gasteiger partial charge on any atom is -0.461 e. The number of hydrogen-bond acceptors (Lipinski definition) is 5. The molecule has 136 valence electrons. The van der Waals surface area contributed by atoms with Crippen molar-refractivity contribution < 1.29 is 24.5 Å². The van der Waals surface area contributed by atoms with Crippen LogP contribution in [0.3, 0.4) is 0 Å². The van der Waals surface area contributed by atoms with E-state index in [1.54, 1.807) is 6.92 Å². The minimum absolute atomic E-state index is 0.151. The summed E-state index contributed by atoms with van der Waals surface area (Å²) in [4.78, 5) is 26.2. The molecule has 1 saturated heterocycles. The first-order valence-corrected chi connectivity index (χ1v) is 8.88. The molecule has 4 atom stereocenters. The number of benzene rings is 1. The van der Waals surface area contributed by atoms with E-state index in [9.17, 15) is 19.8 Å². The number of esters is 1. The number of aliphatic hydroxyl groups excluding tert-OH is 2. The van der Waals surface area contributed by atoms with Gasteiger partial charge in [0.25, 0.3) is 0 Å². The highest BCUT2D eigenvalue weighted by molar-refractivity contribution is 14.1. The van der Waals surface area contributed by atoms with Gasteiger partial charge in [-0.1, -0.05) is 18.7 Å². The molecule has 2 rings (SSSR count). The average Bonchev–Trinajstić information content (AvgIpc) is 2.87. The molecule has 0 radical (unpaired) electrons. The number of carbonyl (C=O) groups excluding carboxylic acids is 2. The van der Waals surface area contributed by atoms with Gasteiger partial charge < -0.3 is 25.2 Å². The van der Waals surface area contributed by atoms with Gasteiger partial charge in [0.2, 0.25) is 0 Å². The second-order valence-electron chi connectivity index (χ2n) is 5.82. The predicted octanol–water partition coefficient (Wildman–Crippen LogP) is 1.23. The zero-order valence-corrected chi connectivity index (χ0v) is 15.9. The molecule has 0 aromatic heterocycles. The first kappa shape index (κ1) is 19.7. The number of amides is 2. The number of halogens is 1. The Kier molecular flexibility index (Phi) is 6.79. The molecule has 0 saturated carbocycles. The zero-order valence-electron chi connectivity index (χ0n) is 13.8. The Labute approximate surface area is 159 Å². The molecule has 0 aliphatic carbocycles. The van der Waals surface area contributed by atoms with E-state index in [0.717, 1.165) is 9.13 Å². The lowest BCUT2D eigenvalue weighted by molar-refractivity contribution is -0.144. The fraction of sp³-hybridized carbons (Fsp3) is 0.412. The summed E-state index contributed by atoms with van der Waals surface area (Å²) in [7, 11) is 0. The number of hydrogen-bond donors (Lipinski definition) is 3. The molecule has 1 fully saturated rings. The molecule has 1 heterocycles. The maximum atomic E-state index is 12.5. The number of ether oxygens (including phenoxy) is 1. The molecule has 0 spiro atoms. The van der Waals surface area contributed by atoms with Gasteiger partial charge >= 0.3 is 12.0 Å². The van der Waals surface area contributed by atoms with Crippen molar-refractivity contribution in [2.24, 2.45) is 5.92 Å². The third-order valence-corrected chi connectivity index (χ3v) is 4.89. The van der Waals surface area contributed by atoms with E-state index in [1.807, 2.05) is 24.3 Å². The van der Waals surface area contributed by atoms with E-state index in [1.165, 1.54) is 11.1 Å². The molecule has 1 aliphatic rings. The zero-order chi connectivity index (χ0) is 18.6. The molecule has 2 amide bonds. The van der Waals surface area contributed by atoms with Crippen molar-refractivity contribution in [1.29, 1.82) is 0 Å². The van der Waals surface area contributed by atoms with Crippen molar-refractivity contribution >= 4 is 34.6 Å². The summed E-state index contributed by atoms with van der Waals surface area (Å²) in [5.41, 5.74) is 0.823. The Balaban J connectivity index is 2.35. The van der Waals surface area contributed by atoms with Gasteiger partial charge in [-0.05, 0) is 53.4 Å². The van der Waals surface area contributed by atoms with Crippen LogP contribution in [0.15, 0.2) is 37.0 Å². The van der Waals surface area contributed by atoms with Crippen LogP contribution in [-0.4, -0.2) is 52.0 Å². The van der Waals surface area contributed by atoms with Crippen molar-refractivity contribution in [3.63, 3.8) is 0 Å². The molecular weight excluding hydrogens is 439 g/mol. The van der Waals surface area contributed by atoms with E-state index >= 15 is 0 Å². The van der Waals surface area contributed by atoms with Gasteiger partial charge in [-0.2, -0.15) is 0 Å². The smallest absolute Gasteiger partial charge is 0.329 e. The highest BCUT2D eigenvalue weighted by Crippen LogP contribution is 2.31. The van der Waals surface area contributed by atoms with Crippen LogP contribution in [0, 0.1) is 9.49 Å². The van der Waals surface area contributed by atoms with Crippen molar-refractivity contribution in [3.05, 3.63) is 46.2 Å². The number of aliphatic hydroxyl groups is 2. The summed E-state index contributed by atoms with van der Waals surface area (Å²) in [6.07, 6.45) is -0.567. The van der Waals surface area contributed by atoms with Crippen molar-refractivity contribution in [2.75, 3.05) is 6.61 Å². The van der Waals surface area contributed by atoms with Crippen LogP contribution >= 0.6 is 22.6 Å². The molecule has 1 aliphatic heterocycles. The topological polar surface area (TPSA) is 99.1 Å². The van der Waals surface area contributed by atoms with Gasteiger partial charge in [0, 0.05) is 10.1 Å². The molecule has 7 nitrogen and oxygen atoms in total. The van der Waals surface area contributed by atoms with Crippen molar-refractivity contribution in [2.45, 2.75) is 31.7 Å². The maximum Gasteiger partial charge on any atom is 0.329 e. The molecule has 8 heteroatoms. The molecule has 3 N–H and O–H groups in total. The van der Waals surface area contributed by atoms with E-state index in [2.05, 4.69) is 34.5 Å². The summed E-state index contributed by atoms with van der Waals surface area (Å²) < 4.78 is 6.26. The summed E-state index contributed by atoms with van der Waals surface area (Å²) in [5.74, 6) is -1.33. The Morgan fingerprint density at radius 2 is 2.12 bits per heavy atom. The Hall–Kier alpha value is -1.65. The lowest BCUT2D eigenvalue weighted by atomic mass is 9.90. The van der Waals surface area contributed by atoms with Crippen molar-refractivity contribution in [3.8, 4) is 0 Å². The van der Waals surface area contributed by atoms with Crippen LogP contribution in [0.2, 0.25) is 0 Å². The lowest BCUT2D eigenvalue weighted by Crippen LogP contribution is -2.52. The maximum absolute atomic E-state index is 12.5. The van der Waals surface area contributed by atoms with Crippen LogP contribution in [0.25, 0.3) is 0 Å². The molecular formula is C17H21IN2O5. The van der Waals surface area contributed by atoms with Crippen LogP contribution in [-0.2, 0) is 16.1 Å². The third kappa shape index (κ3) is 4.50. The van der Waals surface area contributed by atoms with Crippen molar-refractivity contribution in [1.82, 2.24) is 10.2 Å². The van der Waals surface area contributed by atoms with Crippen LogP contribution in [0.1, 0.15) is 12.5 Å². The van der Waals surface area contributed by atoms with Gasteiger partial charge in [-0.25, -0.2) is 9.59 Å². The monoisotopic (exact) mass is 460 g/mol. The second-order valence-corrected chi connectivity index (χ2v) is 7.07. The van der Waals surface area contributed by atoms with Crippen LogP contribution in [0.4, 0.5) is 4.79 Å². The minimum atomic E-state index is -1.18. The van der Waals surface area contributed by atoms with E-state index < -0.39 is 42.8 Å². The average molecular weight is 460 g/mol. The van der Waals surface area contributed by atoms with Gasteiger partial charge in [-0.3, -0.25) is 0 Å². The number of nitrogens with one attached hydrogen (secondary N) is 1. The summed E-state index contributed by atoms with van der Waals surface area (Å²) >= 11 is 2.18. The van der Waals surface area contributed by atoms with Crippen LogP contribution in [0.5, 0.6) is 0 Å². The van der Waals surface area contributed by atoms with Gasteiger partial charge in [-0.15, -0.1) is 0 Å². The second kappa shape index (κ2) is 8.63. The normalized spacial score (nSPS) is 23.7. The Morgan fingerprint density at radius 1 is 1.48 bits per heavy atom. The molecule has 25 heavy (non-hydrogen) atoms. The van der Waals surface area contributed by atoms with E-state index in [0.29, 0.717) is 0 Å². The quantitative estimate of drug-likeness (QED) is 0.438.